The molecule has 0 saturated heterocycles. The van der Waals surface area contributed by atoms with E-state index < -0.39 is 0 Å². The topological polar surface area (TPSA) is 33.1 Å². The van der Waals surface area contributed by atoms with Gasteiger partial charge in [-0.3, -0.25) is 4.68 Å². The molecule has 1 rings (SSSR count). The van der Waals surface area contributed by atoms with Crippen LogP contribution in [0.2, 0.25) is 0 Å². The molecule has 0 saturated carbocycles. The van der Waals surface area contributed by atoms with Gasteiger partial charge in [0.2, 0.25) is 0 Å². The van der Waals surface area contributed by atoms with Gasteiger partial charge in [0.1, 0.15) is 0 Å². The molecule has 0 amide bonds. The maximum Gasteiger partial charge on any atom is 0.0537 e. The van der Waals surface area contributed by atoms with E-state index in [1.807, 2.05) is 10.9 Å². The van der Waals surface area contributed by atoms with E-state index >= 15 is 0 Å². The van der Waals surface area contributed by atoms with Crippen LogP contribution in [0.4, 0.5) is 0 Å². The lowest BCUT2D eigenvalue weighted by atomic mass is 10.2. The molecule has 0 aromatic carbocycles. The molecule has 0 spiro atoms. The molecule has 0 aliphatic carbocycles. The Labute approximate surface area is 105 Å². The highest BCUT2D eigenvalue weighted by atomic mass is 15.3. The molecule has 4 nitrogen and oxygen atoms in total. The van der Waals surface area contributed by atoms with Crippen LogP contribution >= 0.6 is 0 Å². The molecule has 1 heterocycles. The van der Waals surface area contributed by atoms with Crippen molar-refractivity contribution in [1.29, 1.82) is 0 Å². The standard InChI is InChI=1S/C13H26N4/c1-5-17-11-13(10-15-17)12(2)14-8-6-7-9-16(3)4/h10-12,14H,5-9H2,1-4H3. The molecule has 1 aromatic rings. The fraction of sp³-hybridized carbons (Fsp3) is 0.769. The van der Waals surface area contributed by atoms with Crippen molar-refractivity contribution in [3.63, 3.8) is 0 Å². The second-order valence-corrected chi connectivity index (χ2v) is 4.82. The number of hydrogen-bond acceptors (Lipinski definition) is 3. The van der Waals surface area contributed by atoms with Gasteiger partial charge in [0, 0.05) is 24.3 Å². The minimum atomic E-state index is 0.398. The number of aryl methyl sites for hydroxylation is 1. The van der Waals surface area contributed by atoms with Gasteiger partial charge in [-0.1, -0.05) is 0 Å². The summed E-state index contributed by atoms with van der Waals surface area (Å²) in [4.78, 5) is 2.23. The van der Waals surface area contributed by atoms with Gasteiger partial charge in [0.25, 0.3) is 0 Å². The lowest BCUT2D eigenvalue weighted by Crippen LogP contribution is -2.21. The molecule has 1 N–H and O–H groups in total. The Morgan fingerprint density at radius 1 is 1.41 bits per heavy atom. The Morgan fingerprint density at radius 3 is 2.76 bits per heavy atom. The van der Waals surface area contributed by atoms with Crippen LogP contribution in [0.3, 0.4) is 0 Å². The SMILES string of the molecule is CCn1cc(C(C)NCCCCN(C)C)cn1. The highest BCUT2D eigenvalue weighted by molar-refractivity contribution is 5.08. The van der Waals surface area contributed by atoms with Crippen molar-refractivity contribution in [2.24, 2.45) is 0 Å². The highest BCUT2D eigenvalue weighted by Crippen LogP contribution is 2.10. The Kier molecular flexibility index (Phi) is 6.22. The summed E-state index contributed by atoms with van der Waals surface area (Å²) >= 11 is 0. The molecular weight excluding hydrogens is 212 g/mol. The normalized spacial score (nSPS) is 13.2. The van der Waals surface area contributed by atoms with E-state index in [1.54, 1.807) is 0 Å². The molecule has 0 aliphatic heterocycles. The summed E-state index contributed by atoms with van der Waals surface area (Å²) in [5, 5.41) is 7.83. The molecule has 1 aromatic heterocycles. The van der Waals surface area contributed by atoms with Gasteiger partial charge < -0.3 is 10.2 Å². The molecule has 17 heavy (non-hydrogen) atoms. The zero-order valence-corrected chi connectivity index (χ0v) is 11.6. The third-order valence-electron chi connectivity index (χ3n) is 2.96. The zero-order chi connectivity index (χ0) is 12.7. The summed E-state index contributed by atoms with van der Waals surface area (Å²) in [6.45, 7) is 7.49. The smallest absolute Gasteiger partial charge is 0.0537 e. The van der Waals surface area contributed by atoms with Crippen molar-refractivity contribution in [2.45, 2.75) is 39.3 Å². The monoisotopic (exact) mass is 238 g/mol. The molecule has 0 aliphatic rings. The fourth-order valence-corrected chi connectivity index (χ4v) is 1.77. The molecule has 0 fully saturated rings. The van der Waals surface area contributed by atoms with E-state index in [9.17, 15) is 0 Å². The van der Waals surface area contributed by atoms with Crippen molar-refractivity contribution >= 4 is 0 Å². The first-order valence-corrected chi connectivity index (χ1v) is 6.54. The summed E-state index contributed by atoms with van der Waals surface area (Å²) in [7, 11) is 4.24. The zero-order valence-electron chi connectivity index (χ0n) is 11.6. The van der Waals surface area contributed by atoms with Crippen molar-refractivity contribution in [1.82, 2.24) is 20.0 Å². The van der Waals surface area contributed by atoms with Gasteiger partial charge in [-0.15, -0.1) is 0 Å². The van der Waals surface area contributed by atoms with E-state index in [2.05, 4.69) is 49.5 Å². The summed E-state index contributed by atoms with van der Waals surface area (Å²) in [6, 6.07) is 0.398. The fourth-order valence-electron chi connectivity index (χ4n) is 1.77. The Hall–Kier alpha value is -0.870. The average molecular weight is 238 g/mol. The predicted molar refractivity (Wildman–Crippen MR) is 72.1 cm³/mol. The predicted octanol–water partition coefficient (Wildman–Crippen LogP) is 1.90. The van der Waals surface area contributed by atoms with E-state index in [0.29, 0.717) is 6.04 Å². The Morgan fingerprint density at radius 2 is 2.18 bits per heavy atom. The van der Waals surface area contributed by atoms with Crippen LogP contribution < -0.4 is 5.32 Å². The molecule has 1 unspecified atom stereocenters. The van der Waals surface area contributed by atoms with Gasteiger partial charge >= 0.3 is 0 Å². The summed E-state index contributed by atoms with van der Waals surface area (Å²) in [5.41, 5.74) is 1.28. The number of nitrogens with zero attached hydrogens (tertiary/aromatic N) is 3. The van der Waals surface area contributed by atoms with Gasteiger partial charge in [-0.25, -0.2) is 0 Å². The van der Waals surface area contributed by atoms with E-state index in [4.69, 9.17) is 0 Å². The van der Waals surface area contributed by atoms with Crippen LogP contribution in [-0.4, -0.2) is 41.9 Å². The van der Waals surface area contributed by atoms with Crippen LogP contribution in [0.1, 0.15) is 38.3 Å². The van der Waals surface area contributed by atoms with Crippen molar-refractivity contribution in [3.8, 4) is 0 Å². The molecule has 0 bridgehead atoms. The van der Waals surface area contributed by atoms with Crippen molar-refractivity contribution in [3.05, 3.63) is 18.0 Å². The molecule has 98 valence electrons. The van der Waals surface area contributed by atoms with Gasteiger partial charge in [-0.05, 0) is 53.9 Å². The van der Waals surface area contributed by atoms with Crippen LogP contribution in [0.25, 0.3) is 0 Å². The van der Waals surface area contributed by atoms with Crippen molar-refractivity contribution < 1.29 is 0 Å². The van der Waals surface area contributed by atoms with E-state index in [1.165, 1.54) is 24.9 Å². The second kappa shape index (κ2) is 7.45. The third kappa shape index (κ3) is 5.33. The molecule has 4 heteroatoms. The Bertz CT molecular complexity index is 306. The van der Waals surface area contributed by atoms with Gasteiger partial charge in [-0.2, -0.15) is 5.10 Å². The second-order valence-electron chi connectivity index (χ2n) is 4.82. The molecule has 1 atom stereocenters. The number of unbranched alkanes of at least 4 members (excludes halogenated alkanes) is 1. The van der Waals surface area contributed by atoms with Crippen LogP contribution in [0.15, 0.2) is 12.4 Å². The maximum absolute atomic E-state index is 4.29. The summed E-state index contributed by atoms with van der Waals surface area (Å²) < 4.78 is 1.97. The van der Waals surface area contributed by atoms with Gasteiger partial charge in [0.15, 0.2) is 0 Å². The quantitative estimate of drug-likeness (QED) is 0.702. The first-order valence-electron chi connectivity index (χ1n) is 6.54. The van der Waals surface area contributed by atoms with Crippen LogP contribution in [0, 0.1) is 0 Å². The summed E-state index contributed by atoms with van der Waals surface area (Å²) in [6.07, 6.45) is 6.56. The largest absolute Gasteiger partial charge is 0.310 e. The summed E-state index contributed by atoms with van der Waals surface area (Å²) in [5.74, 6) is 0. The highest BCUT2D eigenvalue weighted by Gasteiger charge is 2.06. The lowest BCUT2D eigenvalue weighted by molar-refractivity contribution is 0.389. The Balaban J connectivity index is 2.18. The lowest BCUT2D eigenvalue weighted by Gasteiger charge is -2.13. The average Bonchev–Trinajstić information content (AvgIpc) is 2.76. The first-order chi connectivity index (χ1) is 8.13. The van der Waals surface area contributed by atoms with Gasteiger partial charge in [0.05, 0.1) is 6.20 Å². The van der Waals surface area contributed by atoms with Crippen LogP contribution in [-0.2, 0) is 6.54 Å². The van der Waals surface area contributed by atoms with Crippen molar-refractivity contribution in [2.75, 3.05) is 27.2 Å². The minimum absolute atomic E-state index is 0.398. The minimum Gasteiger partial charge on any atom is -0.310 e. The maximum atomic E-state index is 4.29. The third-order valence-corrected chi connectivity index (χ3v) is 2.96. The number of aromatic nitrogens is 2. The van der Waals surface area contributed by atoms with Crippen LogP contribution in [0.5, 0.6) is 0 Å². The van der Waals surface area contributed by atoms with E-state index in [-0.39, 0.29) is 0 Å². The number of rotatable bonds is 8. The van der Waals surface area contributed by atoms with E-state index in [0.717, 1.165) is 13.1 Å². The molecular formula is C13H26N4. The number of hydrogen-bond donors (Lipinski definition) is 1. The molecule has 0 radical (unpaired) electrons. The first kappa shape index (κ1) is 14.2. The number of nitrogens with one attached hydrogen (secondary N) is 1.